The van der Waals surface area contributed by atoms with Crippen molar-refractivity contribution in [2.45, 2.75) is 26.7 Å². The van der Waals surface area contributed by atoms with Crippen molar-refractivity contribution in [3.8, 4) is 0 Å². The molecule has 1 unspecified atom stereocenters. The van der Waals surface area contributed by atoms with Crippen LogP contribution in [0.3, 0.4) is 0 Å². The summed E-state index contributed by atoms with van der Waals surface area (Å²) >= 11 is 0. The average Bonchev–Trinajstić information content (AvgIpc) is 3.20. The van der Waals surface area contributed by atoms with Crippen LogP contribution >= 0.6 is 0 Å². The Morgan fingerprint density at radius 2 is 2.16 bits per heavy atom. The van der Waals surface area contributed by atoms with Crippen LogP contribution in [0.4, 0.5) is 5.82 Å². The number of pyridine rings is 1. The Morgan fingerprint density at radius 1 is 1.47 bits per heavy atom. The molecule has 1 aromatic rings. The fourth-order valence-corrected chi connectivity index (χ4v) is 1.82. The van der Waals surface area contributed by atoms with E-state index in [1.165, 1.54) is 4.90 Å². The molecule has 5 heteroatoms. The van der Waals surface area contributed by atoms with Gasteiger partial charge in [-0.1, -0.05) is 13.0 Å². The van der Waals surface area contributed by atoms with Gasteiger partial charge in [-0.25, -0.2) is 4.98 Å². The molecule has 0 radical (unpaired) electrons. The van der Waals surface area contributed by atoms with Crippen LogP contribution in [0.5, 0.6) is 0 Å². The number of carboxylic acid groups (broad SMARTS) is 1. The van der Waals surface area contributed by atoms with Crippen LogP contribution < -0.4 is 4.90 Å². The molecule has 1 aromatic heterocycles. The monoisotopic (exact) mass is 262 g/mol. The second kappa shape index (κ2) is 5.38. The Kier molecular flexibility index (Phi) is 3.83. The van der Waals surface area contributed by atoms with Crippen molar-refractivity contribution in [2.75, 3.05) is 11.4 Å². The molecule has 1 aliphatic carbocycles. The smallest absolute Gasteiger partial charge is 0.308 e. The first-order valence-corrected chi connectivity index (χ1v) is 6.46. The molecule has 0 saturated heterocycles. The quantitative estimate of drug-likeness (QED) is 0.879. The predicted molar refractivity (Wildman–Crippen MR) is 70.9 cm³/mol. The SMILES string of the molecule is Cc1ccc(N(CC(C)C(=O)O)C(=O)C2CC2)nc1. The second-order valence-corrected chi connectivity index (χ2v) is 5.16. The summed E-state index contributed by atoms with van der Waals surface area (Å²) in [7, 11) is 0. The maximum Gasteiger partial charge on any atom is 0.308 e. The zero-order valence-electron chi connectivity index (χ0n) is 11.2. The molecule has 102 valence electrons. The highest BCUT2D eigenvalue weighted by Crippen LogP contribution is 2.32. The molecular formula is C14H18N2O3. The van der Waals surface area contributed by atoms with Gasteiger partial charge in [-0.3, -0.25) is 14.5 Å². The van der Waals surface area contributed by atoms with Crippen molar-refractivity contribution in [3.63, 3.8) is 0 Å². The van der Waals surface area contributed by atoms with Crippen LogP contribution in [-0.2, 0) is 9.59 Å². The zero-order valence-corrected chi connectivity index (χ0v) is 11.2. The van der Waals surface area contributed by atoms with Crippen LogP contribution in [0.1, 0.15) is 25.3 Å². The number of hydrogen-bond donors (Lipinski definition) is 1. The Morgan fingerprint density at radius 3 is 2.63 bits per heavy atom. The minimum atomic E-state index is -0.902. The maximum absolute atomic E-state index is 12.2. The number of rotatable bonds is 5. The van der Waals surface area contributed by atoms with Crippen molar-refractivity contribution in [2.24, 2.45) is 11.8 Å². The predicted octanol–water partition coefficient (Wildman–Crippen LogP) is 1.85. The van der Waals surface area contributed by atoms with Gasteiger partial charge in [-0.15, -0.1) is 0 Å². The van der Waals surface area contributed by atoms with Gasteiger partial charge in [-0.2, -0.15) is 0 Å². The van der Waals surface area contributed by atoms with E-state index in [0.29, 0.717) is 5.82 Å². The summed E-state index contributed by atoms with van der Waals surface area (Å²) in [6, 6.07) is 3.64. The van der Waals surface area contributed by atoms with Crippen LogP contribution in [0, 0.1) is 18.8 Å². The molecule has 1 aliphatic rings. The lowest BCUT2D eigenvalue weighted by Gasteiger charge is -2.23. The minimum Gasteiger partial charge on any atom is -0.481 e. The van der Waals surface area contributed by atoms with E-state index in [-0.39, 0.29) is 18.4 Å². The highest BCUT2D eigenvalue weighted by Gasteiger charge is 2.35. The summed E-state index contributed by atoms with van der Waals surface area (Å²) in [4.78, 5) is 29.0. The van der Waals surface area contributed by atoms with Gasteiger partial charge in [0, 0.05) is 18.7 Å². The summed E-state index contributed by atoms with van der Waals surface area (Å²) in [5.74, 6) is -0.935. The number of anilines is 1. The van der Waals surface area contributed by atoms with Gasteiger partial charge in [0.2, 0.25) is 5.91 Å². The molecule has 0 spiro atoms. The number of carbonyl (C=O) groups is 2. The Bertz CT molecular complexity index is 480. The van der Waals surface area contributed by atoms with E-state index in [9.17, 15) is 9.59 Å². The molecule has 1 fully saturated rings. The van der Waals surface area contributed by atoms with Gasteiger partial charge >= 0.3 is 5.97 Å². The van der Waals surface area contributed by atoms with Crippen molar-refractivity contribution in [1.29, 1.82) is 0 Å². The van der Waals surface area contributed by atoms with E-state index < -0.39 is 11.9 Å². The van der Waals surface area contributed by atoms with E-state index in [2.05, 4.69) is 4.98 Å². The van der Waals surface area contributed by atoms with Crippen molar-refractivity contribution in [3.05, 3.63) is 23.9 Å². The third-order valence-electron chi connectivity index (χ3n) is 3.24. The first-order valence-electron chi connectivity index (χ1n) is 6.46. The molecule has 0 aromatic carbocycles. The van der Waals surface area contributed by atoms with Crippen molar-refractivity contribution in [1.82, 2.24) is 4.98 Å². The number of aryl methyl sites for hydroxylation is 1. The summed E-state index contributed by atoms with van der Waals surface area (Å²) in [6.45, 7) is 3.69. The van der Waals surface area contributed by atoms with Gasteiger partial charge in [0.25, 0.3) is 0 Å². The van der Waals surface area contributed by atoms with Gasteiger partial charge < -0.3 is 5.11 Å². The van der Waals surface area contributed by atoms with E-state index in [0.717, 1.165) is 18.4 Å². The molecule has 1 saturated carbocycles. The zero-order chi connectivity index (χ0) is 14.0. The molecular weight excluding hydrogens is 244 g/mol. The lowest BCUT2D eigenvalue weighted by Crippen LogP contribution is -2.38. The number of amides is 1. The third-order valence-corrected chi connectivity index (χ3v) is 3.24. The topological polar surface area (TPSA) is 70.5 Å². The largest absolute Gasteiger partial charge is 0.481 e. The Hall–Kier alpha value is -1.91. The van der Waals surface area contributed by atoms with Crippen LogP contribution in [0.15, 0.2) is 18.3 Å². The molecule has 1 atom stereocenters. The summed E-state index contributed by atoms with van der Waals surface area (Å²) in [5.41, 5.74) is 1.01. The van der Waals surface area contributed by atoms with Crippen molar-refractivity contribution < 1.29 is 14.7 Å². The molecule has 5 nitrogen and oxygen atoms in total. The average molecular weight is 262 g/mol. The van der Waals surface area contributed by atoms with Crippen molar-refractivity contribution >= 4 is 17.7 Å². The number of hydrogen-bond acceptors (Lipinski definition) is 3. The molecule has 1 heterocycles. The summed E-state index contributed by atoms with van der Waals surface area (Å²) < 4.78 is 0. The second-order valence-electron chi connectivity index (χ2n) is 5.16. The molecule has 2 rings (SSSR count). The van der Waals surface area contributed by atoms with E-state index >= 15 is 0 Å². The van der Waals surface area contributed by atoms with Gasteiger partial charge in [0.15, 0.2) is 0 Å². The van der Waals surface area contributed by atoms with Gasteiger partial charge in [0.1, 0.15) is 5.82 Å². The fourth-order valence-electron chi connectivity index (χ4n) is 1.82. The molecule has 1 N–H and O–H groups in total. The number of aromatic nitrogens is 1. The Balaban J connectivity index is 2.20. The summed E-state index contributed by atoms with van der Waals surface area (Å²) in [6.07, 6.45) is 3.47. The molecule has 0 bridgehead atoms. The number of nitrogens with zero attached hydrogens (tertiary/aromatic N) is 2. The first kappa shape index (κ1) is 13.5. The first-order chi connectivity index (χ1) is 8.99. The van der Waals surface area contributed by atoms with E-state index in [4.69, 9.17) is 5.11 Å². The van der Waals surface area contributed by atoms with E-state index in [1.807, 2.05) is 13.0 Å². The normalized spacial score (nSPS) is 15.9. The summed E-state index contributed by atoms with van der Waals surface area (Å²) in [5, 5.41) is 9.00. The third kappa shape index (κ3) is 3.30. The highest BCUT2D eigenvalue weighted by atomic mass is 16.4. The van der Waals surface area contributed by atoms with Crippen LogP contribution in [-0.4, -0.2) is 28.5 Å². The fraction of sp³-hybridized carbons (Fsp3) is 0.500. The molecule has 19 heavy (non-hydrogen) atoms. The van der Waals surface area contributed by atoms with E-state index in [1.54, 1.807) is 19.2 Å². The minimum absolute atomic E-state index is 0.00977. The van der Waals surface area contributed by atoms with Gasteiger partial charge in [-0.05, 0) is 31.4 Å². The lowest BCUT2D eigenvalue weighted by molar-refractivity contribution is -0.140. The van der Waals surface area contributed by atoms with Crippen LogP contribution in [0.2, 0.25) is 0 Å². The number of aliphatic carboxylic acids is 1. The molecule has 1 amide bonds. The standard InChI is InChI=1S/C14H18N2O3/c1-9-3-6-12(15-7-9)16(8-10(2)14(18)19)13(17)11-4-5-11/h3,6-7,10-11H,4-5,8H2,1-2H3,(H,18,19). The van der Waals surface area contributed by atoms with Gasteiger partial charge in [0.05, 0.1) is 5.92 Å². The maximum atomic E-state index is 12.2. The molecule has 0 aliphatic heterocycles. The Labute approximate surface area is 112 Å². The highest BCUT2D eigenvalue weighted by molar-refractivity contribution is 5.96. The number of carbonyl (C=O) groups excluding carboxylic acids is 1. The lowest BCUT2D eigenvalue weighted by atomic mass is 10.1. The van der Waals surface area contributed by atoms with Crippen LogP contribution in [0.25, 0.3) is 0 Å². The number of carboxylic acids is 1.